The van der Waals surface area contributed by atoms with Crippen LogP contribution in [0.15, 0.2) is 22.0 Å². The summed E-state index contributed by atoms with van der Waals surface area (Å²) in [5.41, 5.74) is -0.339. The van der Waals surface area contributed by atoms with E-state index in [0.29, 0.717) is 23.6 Å². The maximum atomic E-state index is 14.2. The van der Waals surface area contributed by atoms with Gasteiger partial charge in [0, 0.05) is 18.6 Å². The van der Waals surface area contributed by atoms with Crippen molar-refractivity contribution in [2.45, 2.75) is 30.8 Å². The van der Waals surface area contributed by atoms with Crippen LogP contribution in [0.3, 0.4) is 0 Å². The summed E-state index contributed by atoms with van der Waals surface area (Å²) < 4.78 is 90.3. The first-order chi connectivity index (χ1) is 12.3. The van der Waals surface area contributed by atoms with Crippen molar-refractivity contribution in [3.63, 3.8) is 0 Å². The minimum atomic E-state index is -4.67. The molecular weight excluding hydrogens is 418 g/mol. The van der Waals surface area contributed by atoms with Gasteiger partial charge in [0.25, 0.3) is 5.92 Å². The van der Waals surface area contributed by atoms with E-state index < -0.39 is 53.0 Å². The third kappa shape index (κ3) is 6.04. The molecule has 12 heteroatoms. The predicted molar refractivity (Wildman–Crippen MR) is 90.4 cm³/mol. The number of amidine groups is 1. The van der Waals surface area contributed by atoms with Gasteiger partial charge in [-0.05, 0) is 24.2 Å². The molecule has 0 radical (unpaired) electrons. The first-order valence-electron chi connectivity index (χ1n) is 7.42. The number of halogens is 6. The van der Waals surface area contributed by atoms with Crippen LogP contribution in [0.2, 0.25) is 0 Å². The molecule has 1 fully saturated rings. The van der Waals surface area contributed by atoms with Crippen molar-refractivity contribution in [1.82, 2.24) is 4.90 Å². The highest BCUT2D eigenvalue weighted by Gasteiger charge is 2.39. The van der Waals surface area contributed by atoms with Crippen molar-refractivity contribution in [3.05, 3.63) is 23.5 Å². The van der Waals surface area contributed by atoms with Crippen LogP contribution >= 0.6 is 11.8 Å². The molecule has 0 bridgehead atoms. The zero-order valence-corrected chi connectivity index (χ0v) is 15.7. The van der Waals surface area contributed by atoms with Gasteiger partial charge in [0.1, 0.15) is 18.0 Å². The number of hydrogen-bond donors (Lipinski definition) is 0. The second-order valence-electron chi connectivity index (χ2n) is 5.91. The van der Waals surface area contributed by atoms with E-state index >= 15 is 0 Å². The average Bonchev–Trinajstić information content (AvgIpc) is 2.79. The van der Waals surface area contributed by atoms with Gasteiger partial charge in [0.2, 0.25) is 5.91 Å². The molecule has 1 atom stereocenters. The molecule has 0 unspecified atom stereocenters. The second kappa shape index (κ2) is 7.92. The van der Waals surface area contributed by atoms with Crippen LogP contribution < -0.4 is 0 Å². The van der Waals surface area contributed by atoms with E-state index in [1.807, 2.05) is 0 Å². The molecule has 1 aromatic rings. The van der Waals surface area contributed by atoms with Crippen molar-refractivity contribution in [2.75, 3.05) is 18.1 Å². The minimum Gasteiger partial charge on any atom is -0.611 e. The van der Waals surface area contributed by atoms with Gasteiger partial charge in [-0.1, -0.05) is 11.8 Å². The van der Waals surface area contributed by atoms with Gasteiger partial charge < -0.3 is 4.55 Å². The Labute approximate surface area is 158 Å². The van der Waals surface area contributed by atoms with Crippen molar-refractivity contribution < 1.29 is 35.7 Å². The van der Waals surface area contributed by atoms with Crippen LogP contribution in [0.1, 0.15) is 12.5 Å². The van der Waals surface area contributed by atoms with Gasteiger partial charge in [-0.25, -0.2) is 18.2 Å². The van der Waals surface area contributed by atoms with E-state index in [1.165, 1.54) is 6.92 Å². The van der Waals surface area contributed by atoms with Gasteiger partial charge in [-0.2, -0.15) is 13.2 Å². The topological polar surface area (TPSA) is 55.7 Å². The van der Waals surface area contributed by atoms with E-state index in [2.05, 4.69) is 4.99 Å². The SMILES string of the molecule is Cc1cc(F)c(N=C2SCC(=O)N2CC(F)(F)F)cc1[S@@+]([O-])CC(C)(F)F. The highest BCUT2D eigenvalue weighted by atomic mass is 32.2. The first kappa shape index (κ1) is 21.9. The van der Waals surface area contributed by atoms with Crippen LogP contribution in [-0.2, 0) is 16.0 Å². The Hall–Kier alpha value is -1.40. The summed E-state index contributed by atoms with van der Waals surface area (Å²) in [6.45, 7) is 0.373. The van der Waals surface area contributed by atoms with E-state index in [4.69, 9.17) is 0 Å². The smallest absolute Gasteiger partial charge is 0.406 e. The maximum absolute atomic E-state index is 14.2. The summed E-state index contributed by atoms with van der Waals surface area (Å²) in [6.07, 6.45) is -4.67. The standard InChI is InChI=1S/C15H14F6N2O2S2/c1-8-3-9(16)10(4-11(8)27(25)7-14(2,17)18)22-13-23(6-15(19,20)21)12(24)5-26-13/h3-4H,5-7H2,1-2H3/t27-/m0/s1. The van der Waals surface area contributed by atoms with E-state index in [0.717, 1.165) is 12.1 Å². The Morgan fingerprint density at radius 3 is 2.48 bits per heavy atom. The average molecular weight is 432 g/mol. The predicted octanol–water partition coefficient (Wildman–Crippen LogP) is 4.02. The fourth-order valence-corrected chi connectivity index (χ4v) is 4.37. The molecule has 0 aliphatic carbocycles. The molecular formula is C15H14F6N2O2S2. The van der Waals surface area contributed by atoms with Crippen LogP contribution in [-0.4, -0.2) is 50.7 Å². The number of hydrogen-bond acceptors (Lipinski definition) is 4. The summed E-state index contributed by atoms with van der Waals surface area (Å²) in [4.78, 5) is 15.6. The summed E-state index contributed by atoms with van der Waals surface area (Å²) in [5, 5.41) is -0.363. The molecule has 1 heterocycles. The Morgan fingerprint density at radius 2 is 1.93 bits per heavy atom. The molecule has 0 spiro atoms. The fourth-order valence-electron chi connectivity index (χ4n) is 2.20. The molecule has 150 valence electrons. The minimum absolute atomic E-state index is 0.103. The van der Waals surface area contributed by atoms with E-state index in [1.54, 1.807) is 0 Å². The third-order valence-corrected chi connectivity index (χ3v) is 5.95. The first-order valence-corrected chi connectivity index (χ1v) is 9.72. The molecule has 2 rings (SSSR count). The highest BCUT2D eigenvalue weighted by Crippen LogP contribution is 2.32. The van der Waals surface area contributed by atoms with Crippen molar-refractivity contribution in [3.8, 4) is 0 Å². The van der Waals surface area contributed by atoms with Crippen molar-refractivity contribution in [1.29, 1.82) is 0 Å². The third-order valence-electron chi connectivity index (χ3n) is 3.28. The number of amides is 1. The Balaban J connectivity index is 2.39. The number of aryl methyl sites for hydroxylation is 1. The lowest BCUT2D eigenvalue weighted by Gasteiger charge is -2.19. The van der Waals surface area contributed by atoms with E-state index in [-0.39, 0.29) is 21.4 Å². The van der Waals surface area contributed by atoms with Crippen molar-refractivity contribution in [2.24, 2.45) is 4.99 Å². The number of benzene rings is 1. The highest BCUT2D eigenvalue weighted by molar-refractivity contribution is 8.15. The molecule has 1 aromatic carbocycles. The number of alkyl halides is 5. The number of carbonyl (C=O) groups is 1. The Morgan fingerprint density at radius 1 is 1.30 bits per heavy atom. The molecule has 1 saturated heterocycles. The molecule has 0 N–H and O–H groups in total. The lowest BCUT2D eigenvalue weighted by atomic mass is 10.2. The van der Waals surface area contributed by atoms with Crippen LogP contribution in [0, 0.1) is 12.7 Å². The van der Waals surface area contributed by atoms with Crippen LogP contribution in [0.4, 0.5) is 32.0 Å². The molecule has 27 heavy (non-hydrogen) atoms. The lowest BCUT2D eigenvalue weighted by molar-refractivity contribution is -0.150. The summed E-state index contributed by atoms with van der Waals surface area (Å²) >= 11 is -1.48. The monoisotopic (exact) mass is 432 g/mol. The molecule has 1 amide bonds. The van der Waals surface area contributed by atoms with E-state index in [9.17, 15) is 35.7 Å². The quantitative estimate of drug-likeness (QED) is 0.522. The molecule has 1 aliphatic rings. The van der Waals surface area contributed by atoms with Gasteiger partial charge in [0.15, 0.2) is 15.8 Å². The molecule has 4 nitrogen and oxygen atoms in total. The zero-order chi connectivity index (χ0) is 20.6. The fraction of sp³-hybridized carbons (Fsp3) is 0.467. The maximum Gasteiger partial charge on any atom is 0.406 e. The van der Waals surface area contributed by atoms with Crippen LogP contribution in [0.25, 0.3) is 0 Å². The summed E-state index contributed by atoms with van der Waals surface area (Å²) in [6, 6.07) is 1.87. The number of carbonyl (C=O) groups excluding carboxylic acids is 1. The Bertz CT molecular complexity index is 764. The van der Waals surface area contributed by atoms with Gasteiger partial charge >= 0.3 is 6.18 Å². The van der Waals surface area contributed by atoms with Gasteiger partial charge in [0.05, 0.1) is 5.75 Å². The van der Waals surface area contributed by atoms with Crippen molar-refractivity contribution >= 4 is 39.7 Å². The summed E-state index contributed by atoms with van der Waals surface area (Å²) in [7, 11) is 0. The number of nitrogens with zero attached hydrogens (tertiary/aromatic N) is 2. The second-order valence-corrected chi connectivity index (χ2v) is 8.27. The number of thioether (sulfide) groups is 1. The number of aliphatic imine (C=N–C) groups is 1. The largest absolute Gasteiger partial charge is 0.611 e. The van der Waals surface area contributed by atoms with Gasteiger partial charge in [-0.15, -0.1) is 0 Å². The van der Waals surface area contributed by atoms with Crippen LogP contribution in [0.5, 0.6) is 0 Å². The molecule has 0 saturated carbocycles. The normalized spacial score (nSPS) is 18.5. The zero-order valence-electron chi connectivity index (χ0n) is 14.1. The number of rotatable bonds is 5. The molecule has 0 aromatic heterocycles. The molecule has 1 aliphatic heterocycles. The Kier molecular flexibility index (Phi) is 6.42. The lowest BCUT2D eigenvalue weighted by Crippen LogP contribution is -2.38. The van der Waals surface area contributed by atoms with Gasteiger partial charge in [-0.3, -0.25) is 9.69 Å². The summed E-state index contributed by atoms with van der Waals surface area (Å²) in [5.74, 6) is -6.28.